The fraction of sp³-hybridized carbons (Fsp3) is 0.444. The van der Waals surface area contributed by atoms with E-state index in [1.165, 1.54) is 12.4 Å². The number of amides is 1. The molecule has 25 heavy (non-hydrogen) atoms. The van der Waals surface area contributed by atoms with Crippen LogP contribution in [0.4, 0.5) is 0 Å². The van der Waals surface area contributed by atoms with E-state index in [9.17, 15) is 4.79 Å². The zero-order chi connectivity index (χ0) is 17.5. The van der Waals surface area contributed by atoms with Gasteiger partial charge in [0.1, 0.15) is 5.69 Å². The summed E-state index contributed by atoms with van der Waals surface area (Å²) >= 11 is 0. The van der Waals surface area contributed by atoms with Crippen molar-refractivity contribution < 1.29 is 14.3 Å². The summed E-state index contributed by atoms with van der Waals surface area (Å²) in [6.07, 6.45) is 9.62. The van der Waals surface area contributed by atoms with Gasteiger partial charge >= 0.3 is 0 Å². The van der Waals surface area contributed by atoms with Gasteiger partial charge in [-0.3, -0.25) is 14.8 Å². The van der Waals surface area contributed by atoms with Crippen molar-refractivity contribution in [2.75, 3.05) is 26.9 Å². The van der Waals surface area contributed by atoms with E-state index in [4.69, 9.17) is 9.47 Å². The van der Waals surface area contributed by atoms with Crippen molar-refractivity contribution in [2.45, 2.75) is 25.0 Å². The first-order chi connectivity index (χ1) is 12.3. The lowest BCUT2D eigenvalue weighted by molar-refractivity contribution is 0.000409. The lowest BCUT2D eigenvalue weighted by atomic mass is 10.0. The molecule has 1 fully saturated rings. The minimum atomic E-state index is -0.106. The Labute approximate surface area is 147 Å². The fourth-order valence-corrected chi connectivity index (χ4v) is 3.11. The van der Waals surface area contributed by atoms with Crippen molar-refractivity contribution in [2.24, 2.45) is 0 Å². The number of methoxy groups -OCH3 is 1. The molecule has 0 N–H and O–H groups in total. The molecular weight excluding hydrogens is 320 g/mol. The van der Waals surface area contributed by atoms with Gasteiger partial charge in [-0.05, 0) is 30.5 Å². The van der Waals surface area contributed by atoms with E-state index in [2.05, 4.69) is 15.0 Å². The minimum absolute atomic E-state index is 0.0241. The summed E-state index contributed by atoms with van der Waals surface area (Å²) in [5.74, 6) is -0.106. The second kappa shape index (κ2) is 8.64. The predicted octanol–water partition coefficient (Wildman–Crippen LogP) is 1.36. The maximum absolute atomic E-state index is 12.9. The van der Waals surface area contributed by atoms with Crippen LogP contribution in [0.25, 0.3) is 0 Å². The topological polar surface area (TPSA) is 77.4 Å². The van der Waals surface area contributed by atoms with Crippen molar-refractivity contribution in [3.8, 4) is 0 Å². The lowest BCUT2D eigenvalue weighted by Crippen LogP contribution is -2.42. The number of aromatic nitrogens is 3. The molecule has 1 aliphatic rings. The molecule has 3 rings (SSSR count). The molecular formula is C18H22N4O3. The molecule has 2 atom stereocenters. The Morgan fingerprint density at radius 1 is 1.20 bits per heavy atom. The van der Waals surface area contributed by atoms with Gasteiger partial charge in [0.05, 0.1) is 31.6 Å². The van der Waals surface area contributed by atoms with Gasteiger partial charge in [-0.25, -0.2) is 4.98 Å². The normalized spacial score (nSPS) is 20.0. The molecule has 132 valence electrons. The lowest BCUT2D eigenvalue weighted by Gasteiger charge is -2.28. The molecule has 1 aliphatic heterocycles. The van der Waals surface area contributed by atoms with Gasteiger partial charge in [-0.15, -0.1) is 0 Å². The zero-order valence-electron chi connectivity index (χ0n) is 14.2. The number of likely N-dealkylation sites (tertiary alicyclic amines) is 1. The second-order valence-electron chi connectivity index (χ2n) is 5.91. The molecule has 1 saturated heterocycles. The summed E-state index contributed by atoms with van der Waals surface area (Å²) in [6, 6.07) is 3.89. The van der Waals surface area contributed by atoms with E-state index < -0.39 is 0 Å². The molecule has 2 aromatic heterocycles. The van der Waals surface area contributed by atoms with Gasteiger partial charge < -0.3 is 14.4 Å². The van der Waals surface area contributed by atoms with Crippen molar-refractivity contribution in [1.29, 1.82) is 0 Å². The first-order valence-electron chi connectivity index (χ1n) is 8.36. The summed E-state index contributed by atoms with van der Waals surface area (Å²) in [7, 11) is 1.65. The molecule has 0 radical (unpaired) electrons. The Hall–Kier alpha value is -2.38. The quantitative estimate of drug-likeness (QED) is 0.707. The van der Waals surface area contributed by atoms with E-state index in [0.717, 1.165) is 12.0 Å². The summed E-state index contributed by atoms with van der Waals surface area (Å²) in [5, 5.41) is 0. The first-order valence-corrected chi connectivity index (χ1v) is 8.36. The Morgan fingerprint density at radius 2 is 2.04 bits per heavy atom. The summed E-state index contributed by atoms with van der Waals surface area (Å²) in [4.78, 5) is 26.9. The average molecular weight is 342 g/mol. The third-order valence-corrected chi connectivity index (χ3v) is 4.34. The van der Waals surface area contributed by atoms with Crippen LogP contribution < -0.4 is 0 Å². The van der Waals surface area contributed by atoms with Crippen LogP contribution in [0.3, 0.4) is 0 Å². The van der Waals surface area contributed by atoms with Crippen LogP contribution in [0.15, 0.2) is 43.1 Å². The standard InChI is InChI=1S/C18H22N4O3/c1-24-10-11-25-17-4-9-22(18(23)15-13-20-7-8-21-15)16(17)12-14-2-5-19-6-3-14/h2-3,5-8,13,16-17H,4,9-12H2,1H3/t16-,17-/m0/s1. The van der Waals surface area contributed by atoms with Crippen LogP contribution in [0.1, 0.15) is 22.5 Å². The highest BCUT2D eigenvalue weighted by molar-refractivity contribution is 5.92. The van der Waals surface area contributed by atoms with Crippen LogP contribution in [-0.2, 0) is 15.9 Å². The molecule has 0 aromatic carbocycles. The van der Waals surface area contributed by atoms with Crippen LogP contribution in [0.2, 0.25) is 0 Å². The highest BCUT2D eigenvalue weighted by atomic mass is 16.5. The second-order valence-corrected chi connectivity index (χ2v) is 5.91. The molecule has 3 heterocycles. The summed E-state index contributed by atoms with van der Waals surface area (Å²) in [5.41, 5.74) is 1.49. The van der Waals surface area contributed by atoms with E-state index in [0.29, 0.717) is 31.9 Å². The van der Waals surface area contributed by atoms with Crippen LogP contribution in [0, 0.1) is 0 Å². The van der Waals surface area contributed by atoms with Crippen molar-refractivity contribution >= 4 is 5.91 Å². The van der Waals surface area contributed by atoms with Gasteiger partial charge in [0.15, 0.2) is 0 Å². The molecule has 1 amide bonds. The predicted molar refractivity (Wildman–Crippen MR) is 91.0 cm³/mol. The number of carbonyl (C=O) groups is 1. The molecule has 0 unspecified atom stereocenters. The molecule has 7 heteroatoms. The van der Waals surface area contributed by atoms with E-state index >= 15 is 0 Å². The number of ether oxygens (including phenoxy) is 2. The Kier molecular flexibility index (Phi) is 6.03. The maximum atomic E-state index is 12.9. The number of pyridine rings is 1. The molecule has 0 spiro atoms. The summed E-state index contributed by atoms with van der Waals surface area (Å²) < 4.78 is 11.0. The van der Waals surface area contributed by atoms with Crippen molar-refractivity contribution in [3.05, 3.63) is 54.4 Å². The van der Waals surface area contributed by atoms with Gasteiger partial charge in [0.25, 0.3) is 5.91 Å². The number of hydrogen-bond donors (Lipinski definition) is 0. The van der Waals surface area contributed by atoms with Gasteiger partial charge in [-0.1, -0.05) is 0 Å². The van der Waals surface area contributed by atoms with E-state index in [1.54, 1.807) is 25.7 Å². The molecule has 7 nitrogen and oxygen atoms in total. The molecule has 0 aliphatic carbocycles. The Bertz CT molecular complexity index is 669. The van der Waals surface area contributed by atoms with Crippen LogP contribution >= 0.6 is 0 Å². The monoisotopic (exact) mass is 342 g/mol. The third-order valence-electron chi connectivity index (χ3n) is 4.34. The fourth-order valence-electron chi connectivity index (χ4n) is 3.11. The number of rotatable bonds is 7. The van der Waals surface area contributed by atoms with Gasteiger partial charge in [0, 0.05) is 38.4 Å². The molecule has 0 saturated carbocycles. The van der Waals surface area contributed by atoms with Crippen LogP contribution in [0.5, 0.6) is 0 Å². The largest absolute Gasteiger partial charge is 0.382 e. The minimum Gasteiger partial charge on any atom is -0.382 e. The van der Waals surface area contributed by atoms with Gasteiger partial charge in [0.2, 0.25) is 0 Å². The van der Waals surface area contributed by atoms with E-state index in [-0.39, 0.29) is 18.1 Å². The van der Waals surface area contributed by atoms with Crippen molar-refractivity contribution in [1.82, 2.24) is 19.9 Å². The Balaban J connectivity index is 1.77. The number of nitrogens with zero attached hydrogens (tertiary/aromatic N) is 4. The van der Waals surface area contributed by atoms with E-state index in [1.807, 2.05) is 17.0 Å². The highest BCUT2D eigenvalue weighted by Crippen LogP contribution is 2.25. The van der Waals surface area contributed by atoms with Crippen LogP contribution in [-0.4, -0.2) is 64.8 Å². The third kappa shape index (κ3) is 4.37. The number of hydrogen-bond acceptors (Lipinski definition) is 6. The maximum Gasteiger partial charge on any atom is 0.274 e. The SMILES string of the molecule is COCCO[C@H]1CCN(C(=O)c2cnccn2)[C@H]1Cc1ccncc1. The highest BCUT2D eigenvalue weighted by Gasteiger charge is 2.38. The van der Waals surface area contributed by atoms with Gasteiger partial charge in [-0.2, -0.15) is 0 Å². The molecule has 2 aromatic rings. The van der Waals surface area contributed by atoms with Crippen molar-refractivity contribution in [3.63, 3.8) is 0 Å². The smallest absolute Gasteiger partial charge is 0.274 e. The zero-order valence-corrected chi connectivity index (χ0v) is 14.2. The summed E-state index contributed by atoms with van der Waals surface area (Å²) in [6.45, 7) is 1.70. The number of carbonyl (C=O) groups excluding carboxylic acids is 1. The molecule has 0 bridgehead atoms. The Morgan fingerprint density at radius 3 is 2.76 bits per heavy atom. The average Bonchev–Trinajstić information content (AvgIpc) is 3.05. The first kappa shape index (κ1) is 17.4.